The van der Waals surface area contributed by atoms with E-state index in [0.717, 1.165) is 25.3 Å². The highest BCUT2D eigenvalue weighted by Gasteiger charge is 2.22. The molecule has 4 heteroatoms. The van der Waals surface area contributed by atoms with Gasteiger partial charge in [0.25, 0.3) is 0 Å². The van der Waals surface area contributed by atoms with E-state index in [1.165, 1.54) is 12.1 Å². The molecule has 0 bridgehead atoms. The summed E-state index contributed by atoms with van der Waals surface area (Å²) in [6, 6.07) is 4.28. The quantitative estimate of drug-likeness (QED) is 0.844. The molecule has 0 heterocycles. The smallest absolute Gasteiger partial charge is 0.129 e. The molecule has 1 aromatic carbocycles. The highest BCUT2D eigenvalue weighted by molar-refractivity contribution is 5.18. The van der Waals surface area contributed by atoms with E-state index >= 15 is 0 Å². The van der Waals surface area contributed by atoms with Gasteiger partial charge < -0.3 is 11.1 Å². The van der Waals surface area contributed by atoms with Crippen molar-refractivity contribution >= 4 is 0 Å². The van der Waals surface area contributed by atoms with Gasteiger partial charge in [-0.3, -0.25) is 0 Å². The lowest BCUT2D eigenvalue weighted by Gasteiger charge is -2.17. The van der Waals surface area contributed by atoms with E-state index in [4.69, 9.17) is 5.73 Å². The van der Waals surface area contributed by atoms with Gasteiger partial charge in [-0.1, -0.05) is 12.5 Å². The molecule has 2 unspecified atom stereocenters. The molecule has 2 nitrogen and oxygen atoms in total. The van der Waals surface area contributed by atoms with Crippen molar-refractivity contribution in [3.8, 4) is 0 Å². The number of benzene rings is 1. The Morgan fingerprint density at radius 1 is 1.29 bits per heavy atom. The van der Waals surface area contributed by atoms with E-state index in [0.29, 0.717) is 24.6 Å². The summed E-state index contributed by atoms with van der Waals surface area (Å²) < 4.78 is 26.0. The first kappa shape index (κ1) is 12.5. The highest BCUT2D eigenvalue weighted by Crippen LogP contribution is 2.17. The second-order valence-electron chi connectivity index (χ2n) is 4.64. The van der Waals surface area contributed by atoms with Crippen molar-refractivity contribution in [3.63, 3.8) is 0 Å². The van der Waals surface area contributed by atoms with Gasteiger partial charge in [0, 0.05) is 18.2 Å². The van der Waals surface area contributed by atoms with Gasteiger partial charge in [0.15, 0.2) is 0 Å². The molecule has 0 spiro atoms. The molecule has 1 fully saturated rings. The van der Waals surface area contributed by atoms with Crippen molar-refractivity contribution in [3.05, 3.63) is 35.4 Å². The Labute approximate surface area is 100 Å². The van der Waals surface area contributed by atoms with Crippen molar-refractivity contribution in [1.82, 2.24) is 5.32 Å². The fraction of sp³-hybridized carbons (Fsp3) is 0.538. The van der Waals surface area contributed by atoms with Crippen molar-refractivity contribution in [1.29, 1.82) is 0 Å². The maximum Gasteiger partial charge on any atom is 0.129 e. The predicted octanol–water partition coefficient (Wildman–Crippen LogP) is 1.98. The third kappa shape index (κ3) is 3.23. The molecule has 1 saturated carbocycles. The van der Waals surface area contributed by atoms with Crippen LogP contribution in [0.5, 0.6) is 0 Å². The molecule has 2 rings (SSSR count). The lowest BCUT2D eigenvalue weighted by atomic mass is 10.1. The fourth-order valence-corrected chi connectivity index (χ4v) is 2.36. The summed E-state index contributed by atoms with van der Waals surface area (Å²) in [6.07, 6.45) is 3.87. The van der Waals surface area contributed by atoms with Crippen molar-refractivity contribution in [2.75, 3.05) is 6.54 Å². The third-order valence-electron chi connectivity index (χ3n) is 3.39. The molecule has 0 aliphatic heterocycles. The maximum absolute atomic E-state index is 13.3. The molecular weight excluding hydrogens is 222 g/mol. The standard InChI is InChI=1S/C13H18F2N2/c14-10-5-4-9(11(15)8-10)6-7-17-13-3-1-2-12(13)16/h4-5,8,12-13,17H,1-3,6-7,16H2. The van der Waals surface area contributed by atoms with Crippen LogP contribution in [-0.4, -0.2) is 18.6 Å². The fourth-order valence-electron chi connectivity index (χ4n) is 2.36. The van der Waals surface area contributed by atoms with Gasteiger partial charge in [-0.25, -0.2) is 8.78 Å². The average molecular weight is 240 g/mol. The van der Waals surface area contributed by atoms with Crippen LogP contribution >= 0.6 is 0 Å². The Bertz CT molecular complexity index is 382. The minimum Gasteiger partial charge on any atom is -0.326 e. The summed E-state index contributed by atoms with van der Waals surface area (Å²) in [5, 5.41) is 3.34. The third-order valence-corrected chi connectivity index (χ3v) is 3.39. The zero-order chi connectivity index (χ0) is 12.3. The molecule has 0 saturated heterocycles. The van der Waals surface area contributed by atoms with E-state index in [9.17, 15) is 8.78 Å². The van der Waals surface area contributed by atoms with Crippen molar-refractivity contribution < 1.29 is 8.78 Å². The molecule has 1 aliphatic carbocycles. The largest absolute Gasteiger partial charge is 0.326 e. The van der Waals surface area contributed by atoms with Crippen LogP contribution < -0.4 is 11.1 Å². The highest BCUT2D eigenvalue weighted by atomic mass is 19.1. The van der Waals surface area contributed by atoms with E-state index < -0.39 is 11.6 Å². The van der Waals surface area contributed by atoms with Crippen LogP contribution in [0.4, 0.5) is 8.78 Å². The lowest BCUT2D eigenvalue weighted by Crippen LogP contribution is -2.41. The lowest BCUT2D eigenvalue weighted by molar-refractivity contribution is 0.475. The second-order valence-corrected chi connectivity index (χ2v) is 4.64. The van der Waals surface area contributed by atoms with Crippen LogP contribution in [0.1, 0.15) is 24.8 Å². The normalized spacial score (nSPS) is 24.2. The summed E-state index contributed by atoms with van der Waals surface area (Å²) >= 11 is 0. The number of rotatable bonds is 4. The molecule has 94 valence electrons. The molecule has 2 atom stereocenters. The average Bonchev–Trinajstić information content (AvgIpc) is 2.68. The second kappa shape index (κ2) is 5.56. The Kier molecular flexibility index (Phi) is 4.07. The zero-order valence-electron chi connectivity index (χ0n) is 9.76. The van der Waals surface area contributed by atoms with Gasteiger partial charge in [-0.2, -0.15) is 0 Å². The number of hydrogen-bond acceptors (Lipinski definition) is 2. The van der Waals surface area contributed by atoms with Gasteiger partial charge >= 0.3 is 0 Å². The van der Waals surface area contributed by atoms with Crippen LogP contribution in [0, 0.1) is 11.6 Å². The zero-order valence-corrected chi connectivity index (χ0v) is 9.76. The maximum atomic E-state index is 13.3. The Morgan fingerprint density at radius 2 is 2.12 bits per heavy atom. The molecule has 0 aromatic heterocycles. The van der Waals surface area contributed by atoms with Crippen LogP contribution in [-0.2, 0) is 6.42 Å². The minimum atomic E-state index is -0.531. The first-order valence-electron chi connectivity index (χ1n) is 6.09. The Balaban J connectivity index is 1.81. The summed E-state index contributed by atoms with van der Waals surface area (Å²) in [6.45, 7) is 0.681. The van der Waals surface area contributed by atoms with Crippen molar-refractivity contribution in [2.24, 2.45) is 5.73 Å². The molecule has 17 heavy (non-hydrogen) atoms. The molecule has 1 aromatic rings. The number of halogens is 2. The van der Waals surface area contributed by atoms with E-state index in [-0.39, 0.29) is 6.04 Å². The van der Waals surface area contributed by atoms with E-state index in [1.807, 2.05) is 0 Å². The van der Waals surface area contributed by atoms with Gasteiger partial charge in [0.05, 0.1) is 0 Å². The predicted molar refractivity (Wildman–Crippen MR) is 63.7 cm³/mol. The summed E-state index contributed by atoms with van der Waals surface area (Å²) in [5.41, 5.74) is 6.47. The van der Waals surface area contributed by atoms with Crippen molar-refractivity contribution in [2.45, 2.75) is 37.8 Å². The molecule has 0 amide bonds. The Morgan fingerprint density at radius 3 is 2.76 bits per heavy atom. The number of nitrogens with one attached hydrogen (secondary N) is 1. The molecule has 0 radical (unpaired) electrons. The van der Waals surface area contributed by atoms with E-state index in [2.05, 4.69) is 5.32 Å². The van der Waals surface area contributed by atoms with Gasteiger partial charge in [0.1, 0.15) is 11.6 Å². The summed E-state index contributed by atoms with van der Waals surface area (Å²) in [7, 11) is 0. The first-order valence-corrected chi connectivity index (χ1v) is 6.09. The van der Waals surface area contributed by atoms with Gasteiger partial charge in [0.2, 0.25) is 0 Å². The Hall–Kier alpha value is -1.00. The van der Waals surface area contributed by atoms with E-state index in [1.54, 1.807) is 0 Å². The summed E-state index contributed by atoms with van der Waals surface area (Å²) in [5.74, 6) is -1.00. The first-order chi connectivity index (χ1) is 8.16. The van der Waals surface area contributed by atoms with Gasteiger partial charge in [-0.15, -0.1) is 0 Å². The SMILES string of the molecule is NC1CCCC1NCCc1ccc(F)cc1F. The number of nitrogens with two attached hydrogens (primary N) is 1. The van der Waals surface area contributed by atoms with Crippen LogP contribution in [0.25, 0.3) is 0 Å². The van der Waals surface area contributed by atoms with Crippen LogP contribution in [0.3, 0.4) is 0 Å². The summed E-state index contributed by atoms with van der Waals surface area (Å²) in [4.78, 5) is 0. The van der Waals surface area contributed by atoms with Crippen LogP contribution in [0.2, 0.25) is 0 Å². The molecule has 3 N–H and O–H groups in total. The minimum absolute atomic E-state index is 0.216. The number of hydrogen-bond donors (Lipinski definition) is 2. The molecular formula is C13H18F2N2. The monoisotopic (exact) mass is 240 g/mol. The van der Waals surface area contributed by atoms with Crippen LogP contribution in [0.15, 0.2) is 18.2 Å². The van der Waals surface area contributed by atoms with Gasteiger partial charge in [-0.05, 0) is 37.4 Å². The molecule has 1 aliphatic rings. The topological polar surface area (TPSA) is 38.0 Å².